The normalized spacial score (nSPS) is 32.6. The Bertz CT molecular complexity index is 374. The predicted octanol–water partition coefficient (Wildman–Crippen LogP) is 2.84. The highest BCUT2D eigenvalue weighted by Gasteiger charge is 2.28. The lowest BCUT2D eigenvalue weighted by atomic mass is 9.96. The van der Waals surface area contributed by atoms with Crippen LogP contribution in [0.2, 0.25) is 0 Å². The highest BCUT2D eigenvalue weighted by Crippen LogP contribution is 2.25. The van der Waals surface area contributed by atoms with Gasteiger partial charge in [0.1, 0.15) is 18.3 Å². The van der Waals surface area contributed by atoms with Crippen LogP contribution in [-0.4, -0.2) is 46.9 Å². The Morgan fingerprint density at radius 2 is 1.32 bits per heavy atom. The zero-order chi connectivity index (χ0) is 15.9. The van der Waals surface area contributed by atoms with E-state index in [1.165, 1.54) is 0 Å². The molecule has 0 saturated heterocycles. The lowest BCUT2D eigenvalue weighted by Crippen LogP contribution is -2.26. The van der Waals surface area contributed by atoms with E-state index >= 15 is 0 Å². The van der Waals surface area contributed by atoms with Crippen LogP contribution < -0.4 is 0 Å². The van der Waals surface area contributed by atoms with E-state index in [4.69, 9.17) is 19.3 Å². The third-order valence-electron chi connectivity index (χ3n) is 4.25. The fourth-order valence-corrected chi connectivity index (χ4v) is 3.14. The highest BCUT2D eigenvalue weighted by atomic mass is 16.7. The Hall–Kier alpha value is -1.50. The van der Waals surface area contributed by atoms with Crippen LogP contribution in [0.1, 0.15) is 57.8 Å². The number of hydrogen-bond donors (Lipinski definition) is 2. The minimum Gasteiger partial charge on any atom is -0.450 e. The van der Waals surface area contributed by atoms with Crippen LogP contribution >= 0.6 is 0 Å². The molecule has 0 aliphatic heterocycles. The maximum atomic E-state index is 11.8. The molecule has 2 saturated carbocycles. The Balaban J connectivity index is 1.68. The number of carbonyl (C=O) groups excluding carboxylic acids is 1. The van der Waals surface area contributed by atoms with Gasteiger partial charge in [0.2, 0.25) is 0 Å². The summed E-state index contributed by atoms with van der Waals surface area (Å²) in [6.45, 7) is 0. The molecule has 2 fully saturated rings. The molecule has 0 amide bonds. The lowest BCUT2D eigenvalue weighted by Gasteiger charge is -2.24. The van der Waals surface area contributed by atoms with E-state index < -0.39 is 12.3 Å². The molecule has 2 aliphatic rings. The van der Waals surface area contributed by atoms with Crippen LogP contribution in [0.25, 0.3) is 0 Å². The van der Waals surface area contributed by atoms with Crippen molar-refractivity contribution in [3.63, 3.8) is 0 Å². The summed E-state index contributed by atoms with van der Waals surface area (Å²) in [5.41, 5.74) is 0. The zero-order valence-corrected chi connectivity index (χ0v) is 12.6. The van der Waals surface area contributed by atoms with Gasteiger partial charge in [-0.25, -0.2) is 9.59 Å². The quantitative estimate of drug-likeness (QED) is 0.772. The first-order chi connectivity index (χ1) is 10.5. The number of ether oxygens (including phenoxy) is 3. The van der Waals surface area contributed by atoms with Crippen molar-refractivity contribution >= 4 is 12.3 Å². The van der Waals surface area contributed by atoms with Gasteiger partial charge in [0.05, 0.1) is 6.10 Å². The maximum Gasteiger partial charge on any atom is 0.508 e. The summed E-state index contributed by atoms with van der Waals surface area (Å²) in [5, 5.41) is 18.0. The fourth-order valence-electron chi connectivity index (χ4n) is 3.14. The number of carboxylic acid groups (broad SMARTS) is 1. The molecule has 2 rings (SSSR count). The average Bonchev–Trinajstić information content (AvgIpc) is 2.79. The lowest BCUT2D eigenvalue weighted by molar-refractivity contribution is -0.0140. The number of rotatable bonds is 3. The van der Waals surface area contributed by atoms with E-state index in [2.05, 4.69) is 0 Å². The monoisotopic (exact) mass is 316 g/mol. The molecule has 2 unspecified atom stereocenters. The Kier molecular flexibility index (Phi) is 6.30. The van der Waals surface area contributed by atoms with E-state index in [1.807, 2.05) is 0 Å². The second-order valence-electron chi connectivity index (χ2n) is 6.06. The molecule has 22 heavy (non-hydrogen) atoms. The Labute approximate surface area is 129 Å². The molecule has 0 spiro atoms. The predicted molar refractivity (Wildman–Crippen MR) is 75.6 cm³/mol. The topological polar surface area (TPSA) is 102 Å². The van der Waals surface area contributed by atoms with Crippen molar-refractivity contribution in [2.75, 3.05) is 0 Å². The molecule has 126 valence electrons. The van der Waals surface area contributed by atoms with Gasteiger partial charge in [-0.1, -0.05) is 0 Å². The summed E-state index contributed by atoms with van der Waals surface area (Å²) < 4.78 is 15.3. The molecule has 0 aromatic carbocycles. The smallest absolute Gasteiger partial charge is 0.450 e. The summed E-state index contributed by atoms with van der Waals surface area (Å²) in [5.74, 6) is 0. The third kappa shape index (κ3) is 5.71. The van der Waals surface area contributed by atoms with Gasteiger partial charge in [-0.15, -0.1) is 0 Å². The van der Waals surface area contributed by atoms with Gasteiger partial charge >= 0.3 is 12.3 Å². The van der Waals surface area contributed by atoms with Crippen molar-refractivity contribution in [2.45, 2.75) is 82.2 Å². The summed E-state index contributed by atoms with van der Waals surface area (Å²) in [4.78, 5) is 22.3. The van der Waals surface area contributed by atoms with Crippen LogP contribution in [0.5, 0.6) is 0 Å². The zero-order valence-electron chi connectivity index (χ0n) is 12.6. The van der Waals surface area contributed by atoms with Crippen LogP contribution in [0.3, 0.4) is 0 Å². The highest BCUT2D eigenvalue weighted by molar-refractivity contribution is 5.60. The molecule has 2 atom stereocenters. The molecule has 0 radical (unpaired) electrons. The summed E-state index contributed by atoms with van der Waals surface area (Å²) in [6.07, 6.45) is 3.00. The summed E-state index contributed by atoms with van der Waals surface area (Å²) in [7, 11) is 0. The Morgan fingerprint density at radius 3 is 1.82 bits per heavy atom. The van der Waals surface area contributed by atoms with Crippen molar-refractivity contribution < 1.29 is 34.0 Å². The number of aliphatic hydroxyl groups excluding tert-OH is 1. The van der Waals surface area contributed by atoms with Crippen molar-refractivity contribution in [1.82, 2.24) is 0 Å². The van der Waals surface area contributed by atoms with Gasteiger partial charge in [-0.05, 0) is 51.4 Å². The van der Waals surface area contributed by atoms with Crippen molar-refractivity contribution in [3.05, 3.63) is 0 Å². The third-order valence-corrected chi connectivity index (χ3v) is 4.25. The van der Waals surface area contributed by atoms with E-state index in [0.717, 1.165) is 12.8 Å². The van der Waals surface area contributed by atoms with E-state index in [9.17, 15) is 14.7 Å². The van der Waals surface area contributed by atoms with Crippen LogP contribution in [0.15, 0.2) is 0 Å². The molecule has 2 N–H and O–H groups in total. The van der Waals surface area contributed by atoms with Gasteiger partial charge in [0.15, 0.2) is 0 Å². The van der Waals surface area contributed by atoms with Gasteiger partial charge in [-0.2, -0.15) is 0 Å². The molecule has 2 aliphatic carbocycles. The van der Waals surface area contributed by atoms with Crippen molar-refractivity contribution in [2.24, 2.45) is 0 Å². The summed E-state index contributed by atoms with van der Waals surface area (Å²) in [6, 6.07) is 0. The van der Waals surface area contributed by atoms with Gasteiger partial charge in [0.25, 0.3) is 0 Å². The van der Waals surface area contributed by atoms with Crippen LogP contribution in [0.4, 0.5) is 9.59 Å². The van der Waals surface area contributed by atoms with E-state index in [0.29, 0.717) is 44.9 Å². The van der Waals surface area contributed by atoms with Gasteiger partial charge in [-0.3, -0.25) is 0 Å². The van der Waals surface area contributed by atoms with Crippen molar-refractivity contribution in [1.29, 1.82) is 0 Å². The average molecular weight is 316 g/mol. The first-order valence-corrected chi connectivity index (χ1v) is 7.98. The standard InChI is InChI=1S/C15H24O7/c16-10-7-8-13(9-10)22-15(19)21-12-5-1-3-11(4-2-6-12)20-14(17)18/h10-13,16H,1-9H2,(H,17,18). The first-order valence-electron chi connectivity index (χ1n) is 7.98. The fraction of sp³-hybridized carbons (Fsp3) is 0.867. The van der Waals surface area contributed by atoms with Crippen molar-refractivity contribution in [3.8, 4) is 0 Å². The molecule has 0 heterocycles. The second-order valence-corrected chi connectivity index (χ2v) is 6.06. The minimum absolute atomic E-state index is 0.190. The molecule has 0 aromatic heterocycles. The van der Waals surface area contributed by atoms with E-state index in [-0.39, 0.29) is 24.4 Å². The largest absolute Gasteiger partial charge is 0.508 e. The first kappa shape index (κ1) is 16.9. The molecule has 0 bridgehead atoms. The minimum atomic E-state index is -1.24. The molecule has 7 heteroatoms. The summed E-state index contributed by atoms with van der Waals surface area (Å²) >= 11 is 0. The van der Waals surface area contributed by atoms with E-state index in [1.54, 1.807) is 0 Å². The second kappa shape index (κ2) is 8.22. The van der Waals surface area contributed by atoms with Gasteiger partial charge in [0, 0.05) is 6.42 Å². The molecular weight excluding hydrogens is 292 g/mol. The molecular formula is C15H24O7. The molecule has 0 aromatic rings. The van der Waals surface area contributed by atoms with Crippen LogP contribution in [0, 0.1) is 0 Å². The number of aliphatic hydroxyl groups is 1. The molecule has 7 nitrogen and oxygen atoms in total. The SMILES string of the molecule is O=C(O)OC1CCCC(OC(=O)OC2CCC(O)C2)CCC1. The van der Waals surface area contributed by atoms with Gasteiger partial charge < -0.3 is 24.4 Å². The number of carbonyl (C=O) groups is 2. The van der Waals surface area contributed by atoms with Crippen LogP contribution in [-0.2, 0) is 14.2 Å². The number of hydrogen-bond acceptors (Lipinski definition) is 6. The maximum absolute atomic E-state index is 11.8. The Morgan fingerprint density at radius 1 is 0.773 bits per heavy atom.